The number of esters is 1. The minimum absolute atomic E-state index is 0.119. The summed E-state index contributed by atoms with van der Waals surface area (Å²) in [7, 11) is 1.41. The van der Waals surface area contributed by atoms with Gasteiger partial charge in [0.05, 0.1) is 12.7 Å². The molecule has 0 atom stereocenters. The lowest BCUT2D eigenvalue weighted by Crippen LogP contribution is -2.45. The molecule has 1 aliphatic rings. The quantitative estimate of drug-likeness (QED) is 0.501. The van der Waals surface area contributed by atoms with Gasteiger partial charge in [0.1, 0.15) is 5.60 Å². The van der Waals surface area contributed by atoms with Crippen molar-refractivity contribution in [3.63, 3.8) is 0 Å². The number of amides is 1. The van der Waals surface area contributed by atoms with Crippen molar-refractivity contribution in [2.45, 2.75) is 91.3 Å². The summed E-state index contributed by atoms with van der Waals surface area (Å²) in [6.45, 7) is 12.5. The van der Waals surface area contributed by atoms with E-state index < -0.39 is 5.60 Å². The molecule has 1 amide bonds. The number of ether oxygens (including phenoxy) is 2. The Morgan fingerprint density at radius 3 is 2.34 bits per heavy atom. The topological polar surface area (TPSA) is 67.9 Å². The zero-order valence-corrected chi connectivity index (χ0v) is 20.6. The number of rotatable bonds is 5. The predicted octanol–water partition coefficient (Wildman–Crippen LogP) is 5.21. The highest BCUT2D eigenvalue weighted by Crippen LogP contribution is 2.32. The molecule has 2 rings (SSSR count). The van der Waals surface area contributed by atoms with E-state index in [9.17, 15) is 9.59 Å². The number of methoxy groups -OCH3 is 1. The number of benzene rings is 1. The molecule has 0 heterocycles. The number of carbonyl (C=O) groups is 2. The summed E-state index contributed by atoms with van der Waals surface area (Å²) in [5.41, 5.74) is 2.82. The highest BCUT2D eigenvalue weighted by Gasteiger charge is 2.29. The third kappa shape index (κ3) is 6.91. The number of hydrogen-bond acceptors (Lipinski definition) is 5. The summed E-state index contributed by atoms with van der Waals surface area (Å²) in [4.78, 5) is 26.9. The second-order valence-electron chi connectivity index (χ2n) is 9.25. The van der Waals surface area contributed by atoms with Gasteiger partial charge in [0.2, 0.25) is 0 Å². The number of alkyl carbamates (subject to hydrolysis) is 1. The monoisotopic (exact) mass is 442 g/mol. The van der Waals surface area contributed by atoms with Crippen LogP contribution in [0.1, 0.15) is 88.2 Å². The van der Waals surface area contributed by atoms with Crippen molar-refractivity contribution in [3.8, 4) is 11.8 Å². The van der Waals surface area contributed by atoms with E-state index in [1.54, 1.807) is 0 Å². The second kappa shape index (κ2) is 11.3. The van der Waals surface area contributed by atoms with Crippen molar-refractivity contribution in [3.05, 3.63) is 28.8 Å². The van der Waals surface area contributed by atoms with Gasteiger partial charge in [-0.1, -0.05) is 18.8 Å². The van der Waals surface area contributed by atoms with Gasteiger partial charge in [0.15, 0.2) is 0 Å². The van der Waals surface area contributed by atoms with Crippen molar-refractivity contribution in [1.29, 1.82) is 0 Å². The van der Waals surface area contributed by atoms with Gasteiger partial charge in [-0.25, -0.2) is 9.59 Å². The molecule has 1 aromatic rings. The highest BCUT2D eigenvalue weighted by atomic mass is 16.6. The molecular formula is C26H38N2O4. The van der Waals surface area contributed by atoms with Crippen LogP contribution in [0.4, 0.5) is 10.5 Å². The Labute approximate surface area is 193 Å². The van der Waals surface area contributed by atoms with E-state index in [4.69, 9.17) is 9.47 Å². The van der Waals surface area contributed by atoms with Crippen molar-refractivity contribution in [1.82, 2.24) is 5.32 Å². The van der Waals surface area contributed by atoms with Gasteiger partial charge in [-0.3, -0.25) is 0 Å². The van der Waals surface area contributed by atoms with E-state index in [-0.39, 0.29) is 18.1 Å². The molecule has 0 saturated heterocycles. The lowest BCUT2D eigenvalue weighted by Gasteiger charge is -2.39. The maximum Gasteiger partial charge on any atom is 0.407 e. The first-order chi connectivity index (χ1) is 15.1. The molecule has 0 unspecified atom stereocenters. The number of carbonyl (C=O) groups excluding carboxylic acids is 2. The van der Waals surface area contributed by atoms with Gasteiger partial charge in [0, 0.05) is 36.3 Å². The zero-order valence-electron chi connectivity index (χ0n) is 20.6. The number of hydrogen-bond donors (Lipinski definition) is 1. The van der Waals surface area contributed by atoms with Gasteiger partial charge < -0.3 is 19.7 Å². The van der Waals surface area contributed by atoms with E-state index in [1.165, 1.54) is 7.11 Å². The number of anilines is 1. The minimum Gasteiger partial charge on any atom is -0.465 e. The zero-order chi connectivity index (χ0) is 23.9. The van der Waals surface area contributed by atoms with Gasteiger partial charge in [-0.05, 0) is 78.0 Å². The Morgan fingerprint density at radius 2 is 1.81 bits per heavy atom. The van der Waals surface area contributed by atoms with Crippen LogP contribution in [-0.2, 0) is 9.47 Å². The third-order valence-corrected chi connectivity index (χ3v) is 5.70. The Bertz CT molecular complexity index is 868. The molecule has 1 N–H and O–H groups in total. The molecule has 0 aliphatic heterocycles. The molecule has 32 heavy (non-hydrogen) atoms. The first-order valence-electron chi connectivity index (χ1n) is 11.6. The van der Waals surface area contributed by atoms with Crippen molar-refractivity contribution in [2.75, 3.05) is 18.6 Å². The normalized spacial score (nSPS) is 18.2. The molecule has 1 aliphatic carbocycles. The van der Waals surface area contributed by atoms with Crippen LogP contribution in [0.5, 0.6) is 0 Å². The molecule has 1 aromatic carbocycles. The summed E-state index contributed by atoms with van der Waals surface area (Å²) < 4.78 is 10.4. The molecule has 176 valence electrons. The first kappa shape index (κ1) is 25.6. The Morgan fingerprint density at radius 1 is 1.16 bits per heavy atom. The first-order valence-corrected chi connectivity index (χ1v) is 11.6. The average molecular weight is 443 g/mol. The number of nitrogens with zero attached hydrogens (tertiary/aromatic N) is 1. The number of nitrogens with one attached hydrogen (secondary N) is 1. The summed E-state index contributed by atoms with van der Waals surface area (Å²) in [6.07, 6.45) is 4.08. The van der Waals surface area contributed by atoms with E-state index in [0.29, 0.717) is 11.6 Å². The largest absolute Gasteiger partial charge is 0.465 e. The second-order valence-corrected chi connectivity index (χ2v) is 9.25. The summed E-state index contributed by atoms with van der Waals surface area (Å²) in [5, 5.41) is 3.01. The van der Waals surface area contributed by atoms with Crippen molar-refractivity contribution >= 4 is 17.7 Å². The van der Waals surface area contributed by atoms with Crippen LogP contribution < -0.4 is 10.2 Å². The van der Waals surface area contributed by atoms with Crippen molar-refractivity contribution in [2.24, 2.45) is 0 Å². The highest BCUT2D eigenvalue weighted by molar-refractivity contribution is 5.93. The standard InChI is InChI=1S/C26H38N2O4/c1-8-10-11-19-16-22(24(29)31-7)18(3)23(17-19)28(9-2)21-14-12-20(13-15-21)27-25(30)32-26(4,5)6/h16-17,20-21H,8-9,12-15H2,1-7H3,(H,27,30). The molecule has 0 spiro atoms. The van der Waals surface area contributed by atoms with Crippen LogP contribution in [0, 0.1) is 18.8 Å². The fourth-order valence-corrected chi connectivity index (χ4v) is 4.21. The van der Waals surface area contributed by atoms with Crippen LogP contribution in [0.15, 0.2) is 12.1 Å². The van der Waals surface area contributed by atoms with E-state index in [1.807, 2.05) is 40.7 Å². The fraction of sp³-hybridized carbons (Fsp3) is 0.615. The van der Waals surface area contributed by atoms with Crippen LogP contribution in [0.25, 0.3) is 0 Å². The van der Waals surface area contributed by atoms with Crippen LogP contribution in [0.2, 0.25) is 0 Å². The minimum atomic E-state index is -0.499. The van der Waals surface area contributed by atoms with Crippen LogP contribution in [0.3, 0.4) is 0 Å². The lowest BCUT2D eigenvalue weighted by molar-refractivity contribution is 0.0490. The van der Waals surface area contributed by atoms with Gasteiger partial charge in [0.25, 0.3) is 0 Å². The smallest absolute Gasteiger partial charge is 0.407 e. The molecule has 0 radical (unpaired) electrons. The van der Waals surface area contributed by atoms with Crippen molar-refractivity contribution < 1.29 is 19.1 Å². The molecule has 6 nitrogen and oxygen atoms in total. The van der Waals surface area contributed by atoms with Crippen LogP contribution >= 0.6 is 0 Å². The van der Waals surface area contributed by atoms with Gasteiger partial charge in [-0.2, -0.15) is 0 Å². The van der Waals surface area contributed by atoms with E-state index in [0.717, 1.165) is 55.5 Å². The molecular weight excluding hydrogens is 404 g/mol. The summed E-state index contributed by atoms with van der Waals surface area (Å²) in [6, 6.07) is 4.35. The maximum absolute atomic E-state index is 12.4. The van der Waals surface area contributed by atoms with E-state index >= 15 is 0 Å². The SMILES string of the molecule is CCC#Cc1cc(C(=O)OC)c(C)c(N(CC)C2CCC(NC(=O)OC(C)(C)C)CC2)c1. The molecule has 6 heteroatoms. The fourth-order valence-electron chi connectivity index (χ4n) is 4.21. The lowest BCUT2D eigenvalue weighted by atomic mass is 9.89. The van der Waals surface area contributed by atoms with E-state index in [2.05, 4.69) is 35.0 Å². The molecule has 0 aromatic heterocycles. The molecule has 1 saturated carbocycles. The Kier molecular flexibility index (Phi) is 9.00. The maximum atomic E-state index is 12.4. The van der Waals surface area contributed by atoms with Crippen LogP contribution in [-0.4, -0.2) is 43.4 Å². The average Bonchev–Trinajstić information content (AvgIpc) is 2.73. The molecule has 0 bridgehead atoms. The Hall–Kier alpha value is -2.68. The molecule has 1 fully saturated rings. The summed E-state index contributed by atoms with van der Waals surface area (Å²) in [5.74, 6) is 5.92. The summed E-state index contributed by atoms with van der Waals surface area (Å²) >= 11 is 0. The van der Waals surface area contributed by atoms with Gasteiger partial charge in [-0.15, -0.1) is 0 Å². The Balaban J connectivity index is 2.20. The third-order valence-electron chi connectivity index (χ3n) is 5.70. The predicted molar refractivity (Wildman–Crippen MR) is 128 cm³/mol. The van der Waals surface area contributed by atoms with Gasteiger partial charge >= 0.3 is 12.1 Å².